The van der Waals surface area contributed by atoms with Gasteiger partial charge in [0.05, 0.1) is 22.3 Å². The molecule has 0 radical (unpaired) electrons. The average Bonchev–Trinajstić information content (AvgIpc) is 2.64. The monoisotopic (exact) mass is 371 g/mol. The number of aromatic nitrogens is 1. The summed E-state index contributed by atoms with van der Waals surface area (Å²) in [6.45, 7) is 0. The molecular formula is C20H12F3NO3. The molecule has 27 heavy (non-hydrogen) atoms. The van der Waals surface area contributed by atoms with Crippen LogP contribution in [-0.4, -0.2) is 21.8 Å². The van der Waals surface area contributed by atoms with Crippen LogP contribution in [0.1, 0.15) is 16.8 Å². The highest BCUT2D eigenvalue weighted by Crippen LogP contribution is 2.30. The quantitative estimate of drug-likeness (QED) is 0.544. The lowest BCUT2D eigenvalue weighted by molar-refractivity contribution is -0.146. The molecule has 1 heterocycles. The summed E-state index contributed by atoms with van der Waals surface area (Å²) in [4.78, 5) is 27.6. The number of carboxylic acids is 1. The number of carboxylic acid groups (broad SMARTS) is 1. The van der Waals surface area contributed by atoms with E-state index in [1.54, 1.807) is 18.2 Å². The molecule has 2 aromatic carbocycles. The summed E-state index contributed by atoms with van der Waals surface area (Å²) in [5.74, 6) is -2.87. The predicted molar refractivity (Wildman–Crippen MR) is 93.7 cm³/mol. The van der Waals surface area contributed by atoms with Crippen LogP contribution in [0.2, 0.25) is 0 Å². The van der Waals surface area contributed by atoms with E-state index in [-0.39, 0.29) is 16.8 Å². The molecule has 0 bridgehead atoms. The molecule has 0 saturated carbocycles. The fraction of sp³-hybridized carbons (Fsp3) is 0.0500. The highest BCUT2D eigenvalue weighted by molar-refractivity contribution is 6.52. The lowest BCUT2D eigenvalue weighted by atomic mass is 10.0. The van der Waals surface area contributed by atoms with Crippen LogP contribution < -0.4 is 0 Å². The number of nitrogens with zero attached hydrogens (tertiary/aromatic N) is 1. The third kappa shape index (κ3) is 4.03. The number of rotatable bonds is 4. The van der Waals surface area contributed by atoms with Gasteiger partial charge in [0.2, 0.25) is 0 Å². The van der Waals surface area contributed by atoms with E-state index >= 15 is 0 Å². The Hall–Kier alpha value is -3.48. The number of benzene rings is 2. The topological polar surface area (TPSA) is 67.3 Å². The number of hydrogen-bond donors (Lipinski definition) is 1. The standard InChI is InChI=1S/C20H12F3NO3/c21-20(22,23)14-8-5-12(6-9-14)11-15(18(25)19(26)27)17-10-7-13-3-1-2-4-16(13)24-17/h1-11H,(H,26,27)/b15-11+. The van der Waals surface area contributed by atoms with Crippen molar-refractivity contribution in [3.63, 3.8) is 0 Å². The zero-order chi connectivity index (χ0) is 19.6. The number of fused-ring (bicyclic) bond motifs is 1. The fourth-order valence-corrected chi connectivity index (χ4v) is 2.52. The number of ketones is 1. The molecule has 0 aliphatic carbocycles. The van der Waals surface area contributed by atoms with Crippen LogP contribution in [-0.2, 0) is 15.8 Å². The van der Waals surface area contributed by atoms with Crippen molar-refractivity contribution in [2.24, 2.45) is 0 Å². The Morgan fingerprint density at radius 1 is 0.926 bits per heavy atom. The molecule has 0 spiro atoms. The van der Waals surface area contributed by atoms with Crippen molar-refractivity contribution in [2.45, 2.75) is 6.18 Å². The number of para-hydroxylation sites is 1. The Labute approximate surface area is 151 Å². The Morgan fingerprint density at radius 2 is 1.59 bits per heavy atom. The SMILES string of the molecule is O=C(O)C(=O)/C(=C/c1ccc(C(F)(F)F)cc1)c1ccc2ccccc2n1. The van der Waals surface area contributed by atoms with Crippen LogP contribution in [0.5, 0.6) is 0 Å². The minimum Gasteiger partial charge on any atom is -0.475 e. The van der Waals surface area contributed by atoms with E-state index in [1.807, 2.05) is 12.1 Å². The van der Waals surface area contributed by atoms with E-state index in [2.05, 4.69) is 4.98 Å². The third-order valence-electron chi connectivity index (χ3n) is 3.86. The summed E-state index contributed by atoms with van der Waals surface area (Å²) >= 11 is 0. The maximum atomic E-state index is 12.7. The van der Waals surface area contributed by atoms with Gasteiger partial charge in [0.15, 0.2) is 0 Å². The predicted octanol–water partition coefficient (Wildman–Crippen LogP) is 4.45. The van der Waals surface area contributed by atoms with Gasteiger partial charge in [-0.15, -0.1) is 0 Å². The van der Waals surface area contributed by atoms with E-state index in [4.69, 9.17) is 5.11 Å². The van der Waals surface area contributed by atoms with Crippen molar-refractivity contribution < 1.29 is 27.9 Å². The summed E-state index contributed by atoms with van der Waals surface area (Å²) in [5.41, 5.74) is -0.113. The first-order chi connectivity index (χ1) is 12.8. The van der Waals surface area contributed by atoms with Gasteiger partial charge in [-0.05, 0) is 35.9 Å². The summed E-state index contributed by atoms with van der Waals surface area (Å²) in [6.07, 6.45) is -3.27. The van der Waals surface area contributed by atoms with Gasteiger partial charge < -0.3 is 5.11 Å². The Bertz CT molecular complexity index is 1050. The third-order valence-corrected chi connectivity index (χ3v) is 3.86. The maximum Gasteiger partial charge on any atom is 0.416 e. The molecule has 0 unspecified atom stereocenters. The largest absolute Gasteiger partial charge is 0.475 e. The van der Waals surface area contributed by atoms with E-state index in [0.29, 0.717) is 5.52 Å². The van der Waals surface area contributed by atoms with Crippen molar-refractivity contribution >= 4 is 34.3 Å². The van der Waals surface area contributed by atoms with Crippen LogP contribution in [0, 0.1) is 0 Å². The highest BCUT2D eigenvalue weighted by atomic mass is 19.4. The van der Waals surface area contributed by atoms with Gasteiger partial charge in [0, 0.05) is 5.39 Å². The summed E-state index contributed by atoms with van der Waals surface area (Å²) in [7, 11) is 0. The fourth-order valence-electron chi connectivity index (χ4n) is 2.52. The number of carbonyl (C=O) groups is 2. The first-order valence-corrected chi connectivity index (χ1v) is 7.78. The molecule has 0 amide bonds. The molecule has 0 saturated heterocycles. The first kappa shape index (κ1) is 18.3. The van der Waals surface area contributed by atoms with Crippen LogP contribution in [0.4, 0.5) is 13.2 Å². The van der Waals surface area contributed by atoms with Gasteiger partial charge in [-0.25, -0.2) is 9.78 Å². The van der Waals surface area contributed by atoms with Gasteiger partial charge in [-0.3, -0.25) is 4.79 Å². The number of aliphatic carboxylic acids is 1. The first-order valence-electron chi connectivity index (χ1n) is 7.78. The van der Waals surface area contributed by atoms with Gasteiger partial charge in [0.25, 0.3) is 5.78 Å². The number of pyridine rings is 1. The summed E-state index contributed by atoms with van der Waals surface area (Å²) in [6, 6.07) is 14.3. The molecule has 1 aromatic heterocycles. The van der Waals surface area contributed by atoms with Gasteiger partial charge in [-0.2, -0.15) is 13.2 Å². The molecular weight excluding hydrogens is 359 g/mol. The van der Waals surface area contributed by atoms with Crippen LogP contribution in [0.15, 0.2) is 60.7 Å². The van der Waals surface area contributed by atoms with Gasteiger partial charge in [-0.1, -0.05) is 36.4 Å². The molecule has 1 N–H and O–H groups in total. The minimum atomic E-state index is -4.48. The zero-order valence-corrected chi connectivity index (χ0v) is 13.7. The number of alkyl halides is 3. The lowest BCUT2D eigenvalue weighted by Crippen LogP contribution is -2.15. The number of hydrogen-bond acceptors (Lipinski definition) is 3. The molecule has 136 valence electrons. The Balaban J connectivity index is 2.09. The van der Waals surface area contributed by atoms with E-state index < -0.39 is 23.5 Å². The van der Waals surface area contributed by atoms with Crippen molar-refractivity contribution in [1.82, 2.24) is 4.98 Å². The normalized spacial score (nSPS) is 12.2. The minimum absolute atomic E-state index is 0.126. The van der Waals surface area contributed by atoms with Crippen LogP contribution in [0.25, 0.3) is 22.6 Å². The average molecular weight is 371 g/mol. The summed E-state index contributed by atoms with van der Waals surface area (Å²) in [5, 5.41) is 9.89. The van der Waals surface area contributed by atoms with Crippen molar-refractivity contribution in [3.8, 4) is 0 Å². The van der Waals surface area contributed by atoms with Crippen LogP contribution >= 0.6 is 0 Å². The summed E-state index contributed by atoms with van der Waals surface area (Å²) < 4.78 is 38.0. The van der Waals surface area contributed by atoms with Crippen molar-refractivity contribution in [1.29, 1.82) is 0 Å². The van der Waals surface area contributed by atoms with Crippen LogP contribution in [0.3, 0.4) is 0 Å². The molecule has 4 nitrogen and oxygen atoms in total. The molecule has 0 atom stereocenters. The smallest absolute Gasteiger partial charge is 0.416 e. The molecule has 7 heteroatoms. The molecule has 3 rings (SSSR count). The van der Waals surface area contributed by atoms with E-state index in [1.165, 1.54) is 24.3 Å². The van der Waals surface area contributed by atoms with E-state index in [0.717, 1.165) is 17.5 Å². The zero-order valence-electron chi connectivity index (χ0n) is 13.7. The maximum absolute atomic E-state index is 12.7. The molecule has 3 aromatic rings. The second-order valence-corrected chi connectivity index (χ2v) is 5.70. The van der Waals surface area contributed by atoms with Gasteiger partial charge >= 0.3 is 12.1 Å². The number of carbonyl (C=O) groups excluding carboxylic acids is 1. The number of Topliss-reactive ketones (excluding diaryl/α,β-unsaturated/α-hetero) is 1. The lowest BCUT2D eigenvalue weighted by Gasteiger charge is -2.08. The second kappa shape index (κ2) is 7.03. The highest BCUT2D eigenvalue weighted by Gasteiger charge is 2.30. The van der Waals surface area contributed by atoms with Crippen molar-refractivity contribution in [2.75, 3.05) is 0 Å². The number of halogens is 3. The Morgan fingerprint density at radius 3 is 2.22 bits per heavy atom. The molecule has 0 aliphatic rings. The second-order valence-electron chi connectivity index (χ2n) is 5.70. The molecule has 0 fully saturated rings. The Kier molecular flexibility index (Phi) is 4.77. The van der Waals surface area contributed by atoms with E-state index in [9.17, 15) is 22.8 Å². The van der Waals surface area contributed by atoms with Crippen molar-refractivity contribution in [3.05, 3.63) is 77.5 Å². The molecule has 0 aliphatic heterocycles. The van der Waals surface area contributed by atoms with Gasteiger partial charge in [0.1, 0.15) is 0 Å².